The van der Waals surface area contributed by atoms with E-state index in [1.807, 2.05) is 0 Å². The highest BCUT2D eigenvalue weighted by Crippen LogP contribution is 2.32. The van der Waals surface area contributed by atoms with Gasteiger partial charge in [-0.3, -0.25) is 0 Å². The molecule has 0 aliphatic rings. The van der Waals surface area contributed by atoms with Gasteiger partial charge in [0.1, 0.15) is 22.2 Å². The predicted octanol–water partition coefficient (Wildman–Crippen LogP) is 4.16. The molecule has 0 fully saturated rings. The van der Waals surface area contributed by atoms with Crippen molar-refractivity contribution in [3.05, 3.63) is 65.9 Å². The van der Waals surface area contributed by atoms with E-state index in [0.717, 1.165) is 17.0 Å². The van der Waals surface area contributed by atoms with Gasteiger partial charge >= 0.3 is 0 Å². The van der Waals surface area contributed by atoms with Gasteiger partial charge in [-0.05, 0) is 30.3 Å². The van der Waals surface area contributed by atoms with Gasteiger partial charge in [0, 0.05) is 11.8 Å². The molecule has 0 unspecified atom stereocenters. The summed E-state index contributed by atoms with van der Waals surface area (Å²) in [6, 6.07) is 10.2. The van der Waals surface area contributed by atoms with E-state index in [1.54, 1.807) is 30.3 Å². The summed E-state index contributed by atoms with van der Waals surface area (Å²) >= 11 is 0. The summed E-state index contributed by atoms with van der Waals surface area (Å²) in [4.78, 5) is -0.807. The predicted molar refractivity (Wildman–Crippen MR) is 87.0 cm³/mol. The summed E-state index contributed by atoms with van der Waals surface area (Å²) in [6.07, 6.45) is -2.17. The molecule has 0 saturated heterocycles. The third kappa shape index (κ3) is 3.34. The summed E-state index contributed by atoms with van der Waals surface area (Å²) in [5.41, 5.74) is -0.752. The molecule has 1 aromatic heterocycles. The Kier molecular flexibility index (Phi) is 4.57. The van der Waals surface area contributed by atoms with Crippen molar-refractivity contribution >= 4 is 9.84 Å². The summed E-state index contributed by atoms with van der Waals surface area (Å²) in [5, 5.41) is 3.76. The molecule has 1 heterocycles. The van der Waals surface area contributed by atoms with Crippen molar-refractivity contribution in [2.45, 2.75) is 11.3 Å². The molecule has 3 rings (SSSR count). The fraction of sp³-hybridized carbons (Fsp3) is 0.118. The van der Waals surface area contributed by atoms with E-state index in [-0.39, 0.29) is 11.3 Å². The third-order valence-electron chi connectivity index (χ3n) is 3.65. The molecule has 0 aliphatic heterocycles. The van der Waals surface area contributed by atoms with Crippen molar-refractivity contribution in [2.75, 3.05) is 6.26 Å². The maximum absolute atomic E-state index is 14.5. The Bertz CT molecular complexity index is 1060. The highest BCUT2D eigenvalue weighted by atomic mass is 32.2. The Hall–Kier alpha value is -2.68. The largest absolute Gasteiger partial charge is 0.282 e. The Morgan fingerprint density at radius 1 is 1.00 bits per heavy atom. The highest BCUT2D eigenvalue weighted by Gasteiger charge is 2.23. The molecule has 136 valence electrons. The lowest BCUT2D eigenvalue weighted by Crippen LogP contribution is -2.05. The third-order valence-corrected chi connectivity index (χ3v) is 4.76. The minimum atomic E-state index is -3.98. The quantitative estimate of drug-likeness (QED) is 0.635. The van der Waals surface area contributed by atoms with Crippen molar-refractivity contribution in [2.24, 2.45) is 0 Å². The first-order chi connectivity index (χ1) is 12.2. The first-order valence-electron chi connectivity index (χ1n) is 7.31. The second-order valence-electron chi connectivity index (χ2n) is 5.54. The van der Waals surface area contributed by atoms with Crippen LogP contribution in [0, 0.1) is 11.6 Å². The summed E-state index contributed by atoms with van der Waals surface area (Å²) in [6.45, 7) is 0. The van der Waals surface area contributed by atoms with E-state index >= 15 is 0 Å². The normalized spacial score (nSPS) is 11.9. The Morgan fingerprint density at radius 2 is 1.65 bits per heavy atom. The lowest BCUT2D eigenvalue weighted by atomic mass is 10.1. The van der Waals surface area contributed by atoms with E-state index in [4.69, 9.17) is 0 Å². The number of aromatic nitrogens is 2. The molecular formula is C17H12F4N2O2S. The van der Waals surface area contributed by atoms with Gasteiger partial charge in [0.2, 0.25) is 0 Å². The van der Waals surface area contributed by atoms with Crippen molar-refractivity contribution < 1.29 is 26.0 Å². The maximum atomic E-state index is 14.5. The van der Waals surface area contributed by atoms with E-state index in [1.165, 1.54) is 0 Å². The van der Waals surface area contributed by atoms with Crippen LogP contribution >= 0.6 is 0 Å². The van der Waals surface area contributed by atoms with Crippen LogP contribution in [0.4, 0.5) is 17.6 Å². The lowest BCUT2D eigenvalue weighted by Gasteiger charge is -2.10. The fourth-order valence-corrected chi connectivity index (χ4v) is 3.20. The Morgan fingerprint density at radius 3 is 2.23 bits per heavy atom. The van der Waals surface area contributed by atoms with Crippen LogP contribution in [0.2, 0.25) is 0 Å². The second-order valence-corrected chi connectivity index (χ2v) is 7.52. The molecule has 0 saturated carbocycles. The smallest absolute Gasteiger partial charge is 0.233 e. The average Bonchev–Trinajstić information content (AvgIpc) is 3.02. The minimum absolute atomic E-state index is 0.122. The molecule has 0 atom stereocenters. The summed E-state index contributed by atoms with van der Waals surface area (Å²) in [5.74, 6) is -2.24. The number of rotatable bonds is 4. The van der Waals surface area contributed by atoms with Crippen molar-refractivity contribution in [3.8, 4) is 16.9 Å². The van der Waals surface area contributed by atoms with Gasteiger partial charge in [0.15, 0.2) is 9.84 Å². The van der Waals surface area contributed by atoms with Gasteiger partial charge < -0.3 is 0 Å². The molecule has 26 heavy (non-hydrogen) atoms. The molecule has 0 spiro atoms. The van der Waals surface area contributed by atoms with Crippen LogP contribution in [0.5, 0.6) is 0 Å². The van der Waals surface area contributed by atoms with Gasteiger partial charge in [-0.25, -0.2) is 30.7 Å². The number of hydrogen-bond donors (Lipinski definition) is 0. The summed E-state index contributed by atoms with van der Waals surface area (Å²) < 4.78 is 78.9. The van der Waals surface area contributed by atoms with Crippen LogP contribution in [-0.2, 0) is 9.84 Å². The molecular weight excluding hydrogens is 372 g/mol. The number of para-hydroxylation sites is 1. The number of alkyl halides is 2. The molecule has 0 bridgehead atoms. The maximum Gasteiger partial charge on any atom is 0.282 e. The zero-order chi connectivity index (χ0) is 19.1. The highest BCUT2D eigenvalue weighted by molar-refractivity contribution is 7.90. The monoisotopic (exact) mass is 384 g/mol. The number of nitrogens with zero attached hydrogens (tertiary/aromatic N) is 2. The second kappa shape index (κ2) is 6.56. The Balaban J connectivity index is 2.26. The van der Waals surface area contributed by atoms with Gasteiger partial charge in [0.25, 0.3) is 6.43 Å². The first-order valence-corrected chi connectivity index (χ1v) is 9.20. The van der Waals surface area contributed by atoms with Crippen LogP contribution in [-0.4, -0.2) is 24.5 Å². The zero-order valence-corrected chi connectivity index (χ0v) is 14.1. The molecule has 0 radical (unpaired) electrons. The number of halogens is 4. The van der Waals surface area contributed by atoms with E-state index in [2.05, 4.69) is 5.10 Å². The van der Waals surface area contributed by atoms with Gasteiger partial charge in [-0.1, -0.05) is 18.2 Å². The SMILES string of the molecule is CS(=O)(=O)c1cc(F)c(-c2cc(C(F)F)nn2-c2ccccc2)cc1F. The van der Waals surface area contributed by atoms with E-state index in [9.17, 15) is 26.0 Å². The van der Waals surface area contributed by atoms with Crippen LogP contribution in [0.25, 0.3) is 16.9 Å². The molecule has 4 nitrogen and oxygen atoms in total. The van der Waals surface area contributed by atoms with Gasteiger partial charge in [-0.15, -0.1) is 0 Å². The van der Waals surface area contributed by atoms with E-state index < -0.39 is 38.5 Å². The topological polar surface area (TPSA) is 52.0 Å². The first kappa shape index (κ1) is 18.1. The number of hydrogen-bond acceptors (Lipinski definition) is 3. The fourth-order valence-electron chi connectivity index (χ4n) is 2.47. The lowest BCUT2D eigenvalue weighted by molar-refractivity contribution is 0.145. The van der Waals surface area contributed by atoms with Crippen LogP contribution < -0.4 is 0 Å². The Labute approximate surface area is 146 Å². The van der Waals surface area contributed by atoms with Gasteiger partial charge in [-0.2, -0.15) is 5.10 Å². The molecule has 2 aromatic carbocycles. The molecule has 0 amide bonds. The summed E-state index contributed by atoms with van der Waals surface area (Å²) in [7, 11) is -3.98. The molecule has 9 heteroatoms. The minimum Gasteiger partial charge on any atom is -0.233 e. The number of benzene rings is 2. The molecule has 0 aliphatic carbocycles. The average molecular weight is 384 g/mol. The van der Waals surface area contributed by atoms with Gasteiger partial charge in [0.05, 0.1) is 11.4 Å². The van der Waals surface area contributed by atoms with Crippen molar-refractivity contribution in [1.82, 2.24) is 9.78 Å². The molecule has 3 aromatic rings. The van der Waals surface area contributed by atoms with E-state index in [0.29, 0.717) is 17.8 Å². The molecule has 0 N–H and O–H groups in total. The van der Waals surface area contributed by atoms with Crippen LogP contribution in [0.1, 0.15) is 12.1 Å². The number of sulfone groups is 1. The van der Waals surface area contributed by atoms with Crippen molar-refractivity contribution in [3.63, 3.8) is 0 Å². The van der Waals surface area contributed by atoms with Crippen LogP contribution in [0.3, 0.4) is 0 Å². The van der Waals surface area contributed by atoms with Crippen molar-refractivity contribution in [1.29, 1.82) is 0 Å². The zero-order valence-electron chi connectivity index (χ0n) is 13.3. The standard InChI is InChI=1S/C17H12F4N2O2S/c1-26(24,25)16-8-12(18)11(7-13(16)19)15-9-14(17(20)21)22-23(15)10-5-3-2-4-6-10/h2-9,17H,1H3. The van der Waals surface area contributed by atoms with Crippen LogP contribution in [0.15, 0.2) is 53.4 Å².